The summed E-state index contributed by atoms with van der Waals surface area (Å²) < 4.78 is 18.7. The normalized spacial score (nSPS) is 19.4. The first-order valence-corrected chi connectivity index (χ1v) is 7.91. The zero-order valence-electron chi connectivity index (χ0n) is 13.1. The fourth-order valence-electron chi connectivity index (χ4n) is 2.80. The van der Waals surface area contributed by atoms with Crippen LogP contribution in [0.2, 0.25) is 0 Å². The molecule has 1 aliphatic rings. The van der Waals surface area contributed by atoms with Crippen LogP contribution in [0.15, 0.2) is 48.5 Å². The minimum Gasteiger partial charge on any atom is -0.377 e. The van der Waals surface area contributed by atoms with Crippen molar-refractivity contribution in [3.63, 3.8) is 0 Å². The van der Waals surface area contributed by atoms with E-state index < -0.39 is 0 Å². The Labute approximate surface area is 135 Å². The van der Waals surface area contributed by atoms with Gasteiger partial charge in [-0.15, -0.1) is 0 Å². The van der Waals surface area contributed by atoms with Crippen LogP contribution >= 0.6 is 0 Å². The van der Waals surface area contributed by atoms with E-state index in [4.69, 9.17) is 4.74 Å². The van der Waals surface area contributed by atoms with Gasteiger partial charge < -0.3 is 10.1 Å². The number of carbonyl (C=O) groups excluding carboxylic acids is 1. The van der Waals surface area contributed by atoms with Crippen molar-refractivity contribution in [1.82, 2.24) is 0 Å². The minimum absolute atomic E-state index is 0.0109. The molecule has 1 saturated carbocycles. The summed E-state index contributed by atoms with van der Waals surface area (Å²) in [5.74, 6) is -0.236. The molecule has 3 rings (SSSR count). The highest BCUT2D eigenvalue weighted by atomic mass is 19.1. The van der Waals surface area contributed by atoms with Gasteiger partial charge >= 0.3 is 0 Å². The molecule has 120 valence electrons. The topological polar surface area (TPSA) is 38.3 Å². The van der Waals surface area contributed by atoms with Crippen molar-refractivity contribution in [2.24, 2.45) is 5.92 Å². The summed E-state index contributed by atoms with van der Waals surface area (Å²) in [7, 11) is 0. The van der Waals surface area contributed by atoms with Crippen LogP contribution in [0.25, 0.3) is 0 Å². The highest BCUT2D eigenvalue weighted by Crippen LogP contribution is 2.48. The summed E-state index contributed by atoms with van der Waals surface area (Å²) in [6.07, 6.45) is 0.767. The molecule has 2 aromatic carbocycles. The molecule has 1 fully saturated rings. The predicted octanol–water partition coefficient (Wildman–Crippen LogP) is 4.10. The Hall–Kier alpha value is -2.20. The van der Waals surface area contributed by atoms with Crippen molar-refractivity contribution in [1.29, 1.82) is 0 Å². The Bertz CT molecular complexity index is 701. The van der Waals surface area contributed by atoms with Crippen molar-refractivity contribution >= 4 is 11.6 Å². The van der Waals surface area contributed by atoms with Gasteiger partial charge in [0.25, 0.3) is 0 Å². The Morgan fingerprint density at radius 1 is 1.26 bits per heavy atom. The van der Waals surface area contributed by atoms with Crippen molar-refractivity contribution in [3.05, 3.63) is 65.5 Å². The molecule has 0 radical (unpaired) electrons. The van der Waals surface area contributed by atoms with E-state index >= 15 is 0 Å². The van der Waals surface area contributed by atoms with Gasteiger partial charge in [-0.25, -0.2) is 4.39 Å². The first-order valence-electron chi connectivity index (χ1n) is 7.91. The third-order valence-corrected chi connectivity index (χ3v) is 4.14. The molecule has 0 aromatic heterocycles. The predicted molar refractivity (Wildman–Crippen MR) is 87.6 cm³/mol. The van der Waals surface area contributed by atoms with Crippen LogP contribution in [-0.2, 0) is 16.1 Å². The molecule has 3 nitrogen and oxygen atoms in total. The Balaban J connectivity index is 1.65. The fourth-order valence-corrected chi connectivity index (χ4v) is 2.80. The lowest BCUT2D eigenvalue weighted by molar-refractivity contribution is -0.117. The lowest BCUT2D eigenvalue weighted by atomic mass is 10.1. The number of hydrogen-bond donors (Lipinski definition) is 1. The molecule has 23 heavy (non-hydrogen) atoms. The summed E-state index contributed by atoms with van der Waals surface area (Å²) in [4.78, 5) is 12.4. The molecule has 0 spiro atoms. The molecule has 1 N–H and O–H groups in total. The third kappa shape index (κ3) is 3.77. The summed E-state index contributed by atoms with van der Waals surface area (Å²) in [5, 5.41) is 2.98. The minimum atomic E-state index is -0.254. The molecule has 1 amide bonds. The van der Waals surface area contributed by atoms with Gasteiger partial charge in [0.15, 0.2) is 0 Å². The van der Waals surface area contributed by atoms with E-state index in [1.54, 1.807) is 6.07 Å². The average Bonchev–Trinajstić information content (AvgIpc) is 3.35. The van der Waals surface area contributed by atoms with E-state index in [1.165, 1.54) is 12.1 Å². The number of carbonyl (C=O) groups is 1. The zero-order valence-corrected chi connectivity index (χ0v) is 13.1. The quantitative estimate of drug-likeness (QED) is 0.872. The van der Waals surface area contributed by atoms with Crippen molar-refractivity contribution in [3.8, 4) is 0 Å². The third-order valence-electron chi connectivity index (χ3n) is 4.14. The van der Waals surface area contributed by atoms with Gasteiger partial charge in [-0.1, -0.05) is 30.3 Å². The molecule has 2 unspecified atom stereocenters. The van der Waals surface area contributed by atoms with Crippen molar-refractivity contribution in [2.45, 2.75) is 25.9 Å². The molecule has 4 heteroatoms. The highest BCUT2D eigenvalue weighted by molar-refractivity contribution is 5.95. The van der Waals surface area contributed by atoms with E-state index in [9.17, 15) is 9.18 Å². The van der Waals surface area contributed by atoms with Crippen LogP contribution in [0, 0.1) is 11.7 Å². The second-order valence-electron chi connectivity index (χ2n) is 5.79. The molecule has 1 aliphatic carbocycles. The van der Waals surface area contributed by atoms with E-state index in [0.717, 1.165) is 23.2 Å². The average molecular weight is 313 g/mol. The molecule has 2 atom stereocenters. The van der Waals surface area contributed by atoms with Crippen molar-refractivity contribution in [2.75, 3.05) is 11.9 Å². The van der Waals surface area contributed by atoms with Crippen LogP contribution in [0.4, 0.5) is 10.1 Å². The van der Waals surface area contributed by atoms with E-state index in [1.807, 2.05) is 37.3 Å². The van der Waals surface area contributed by atoms with Crippen LogP contribution in [-0.4, -0.2) is 12.5 Å². The molecular formula is C19H20FNO2. The summed E-state index contributed by atoms with van der Waals surface area (Å²) in [5.41, 5.74) is 2.65. The Kier molecular flexibility index (Phi) is 4.72. The molecule has 0 heterocycles. The maximum atomic E-state index is 13.3. The molecule has 0 bridgehead atoms. The lowest BCUT2D eigenvalue weighted by Crippen LogP contribution is -2.16. The van der Waals surface area contributed by atoms with Gasteiger partial charge in [0.1, 0.15) is 5.82 Å². The first kappa shape index (κ1) is 15.7. The number of rotatable bonds is 6. The standard InChI is InChI=1S/C19H20FNO2/c1-2-23-12-14-6-3-4-9-18(14)21-19(22)17-11-16(17)13-7-5-8-15(20)10-13/h3-10,16-17H,2,11-12H2,1H3,(H,21,22). The highest BCUT2D eigenvalue weighted by Gasteiger charge is 2.44. The zero-order chi connectivity index (χ0) is 16.2. The Morgan fingerprint density at radius 2 is 2.09 bits per heavy atom. The maximum absolute atomic E-state index is 13.3. The van der Waals surface area contributed by atoms with Crippen LogP contribution in [0.5, 0.6) is 0 Å². The molecule has 0 aliphatic heterocycles. The van der Waals surface area contributed by atoms with Gasteiger partial charge in [0.05, 0.1) is 6.61 Å². The number of halogens is 1. The maximum Gasteiger partial charge on any atom is 0.228 e. The summed E-state index contributed by atoms with van der Waals surface area (Å²) >= 11 is 0. The number of hydrogen-bond acceptors (Lipinski definition) is 2. The number of nitrogens with one attached hydrogen (secondary N) is 1. The van der Waals surface area contributed by atoms with Crippen molar-refractivity contribution < 1.29 is 13.9 Å². The van der Waals surface area contributed by atoms with Gasteiger partial charge in [-0.2, -0.15) is 0 Å². The van der Waals surface area contributed by atoms with Crippen LogP contribution in [0.1, 0.15) is 30.4 Å². The van der Waals surface area contributed by atoms with Crippen LogP contribution in [0.3, 0.4) is 0 Å². The second-order valence-corrected chi connectivity index (χ2v) is 5.79. The number of anilines is 1. The van der Waals surface area contributed by atoms with Gasteiger partial charge in [0.2, 0.25) is 5.91 Å². The first-order chi connectivity index (χ1) is 11.2. The monoisotopic (exact) mass is 313 g/mol. The number of amides is 1. The number of ether oxygens (including phenoxy) is 1. The molecular weight excluding hydrogens is 293 g/mol. The Morgan fingerprint density at radius 3 is 2.87 bits per heavy atom. The van der Waals surface area contributed by atoms with Crippen LogP contribution < -0.4 is 5.32 Å². The fraction of sp³-hybridized carbons (Fsp3) is 0.316. The van der Waals surface area contributed by atoms with Gasteiger partial charge in [0, 0.05) is 23.8 Å². The molecule has 2 aromatic rings. The summed E-state index contributed by atoms with van der Waals surface area (Å²) in [6.45, 7) is 3.05. The van der Waals surface area contributed by atoms with Gasteiger partial charge in [-0.05, 0) is 43.0 Å². The molecule has 0 saturated heterocycles. The number of para-hydroxylation sites is 1. The number of benzene rings is 2. The van der Waals surface area contributed by atoms with E-state index in [-0.39, 0.29) is 23.6 Å². The lowest BCUT2D eigenvalue weighted by Gasteiger charge is -2.11. The second kappa shape index (κ2) is 6.92. The van der Waals surface area contributed by atoms with Gasteiger partial charge in [-0.3, -0.25) is 4.79 Å². The van der Waals surface area contributed by atoms with E-state index in [2.05, 4.69) is 5.32 Å². The largest absolute Gasteiger partial charge is 0.377 e. The summed E-state index contributed by atoms with van der Waals surface area (Å²) in [6, 6.07) is 14.2. The smallest absolute Gasteiger partial charge is 0.228 e. The SMILES string of the molecule is CCOCc1ccccc1NC(=O)C1CC1c1cccc(F)c1. The van der Waals surface area contributed by atoms with E-state index in [0.29, 0.717) is 13.2 Å².